The van der Waals surface area contributed by atoms with Gasteiger partial charge in [0.1, 0.15) is 6.07 Å². The molecule has 0 heterocycles. The lowest BCUT2D eigenvalue weighted by atomic mass is 10.1. The summed E-state index contributed by atoms with van der Waals surface area (Å²) in [5.41, 5.74) is 1.10. The molecule has 0 aromatic heterocycles. The van der Waals surface area contributed by atoms with Crippen molar-refractivity contribution >= 4 is 23.3 Å². The molecule has 1 aromatic carbocycles. The van der Waals surface area contributed by atoms with Crippen LogP contribution in [0.25, 0.3) is 0 Å². The maximum absolute atomic E-state index is 10.8. The van der Waals surface area contributed by atoms with Gasteiger partial charge in [0.15, 0.2) is 0 Å². The number of hydrogen-bond acceptors (Lipinski definition) is 4. The first-order chi connectivity index (χ1) is 9.06. The van der Waals surface area contributed by atoms with Gasteiger partial charge < -0.3 is 15.7 Å². The molecule has 0 aliphatic carbocycles. The van der Waals surface area contributed by atoms with Gasteiger partial charge in [-0.3, -0.25) is 4.79 Å². The number of nitrogens with one attached hydrogen (secondary N) is 2. The molecular formula is C13H16ClN3O2. The Bertz CT molecular complexity index is 485. The third kappa shape index (κ3) is 5.16. The molecule has 0 aliphatic heterocycles. The van der Waals surface area contributed by atoms with Crippen molar-refractivity contribution in [3.8, 4) is 6.07 Å². The topological polar surface area (TPSA) is 85.2 Å². The van der Waals surface area contributed by atoms with E-state index in [9.17, 15) is 4.79 Å². The summed E-state index contributed by atoms with van der Waals surface area (Å²) in [7, 11) is 0. The Kier molecular flexibility index (Phi) is 6.13. The first-order valence-corrected chi connectivity index (χ1v) is 6.33. The van der Waals surface area contributed by atoms with Gasteiger partial charge in [-0.05, 0) is 24.7 Å². The quantitative estimate of drug-likeness (QED) is 0.712. The number of nitriles is 1. The Morgan fingerprint density at radius 2 is 2.32 bits per heavy atom. The summed E-state index contributed by atoms with van der Waals surface area (Å²) < 4.78 is 0. The van der Waals surface area contributed by atoms with E-state index in [-0.39, 0.29) is 12.5 Å². The summed E-state index contributed by atoms with van der Waals surface area (Å²) in [5.74, 6) is -0.866. The van der Waals surface area contributed by atoms with Gasteiger partial charge in [0, 0.05) is 18.3 Å². The van der Waals surface area contributed by atoms with Crippen molar-refractivity contribution in [3.63, 3.8) is 0 Å². The van der Waals surface area contributed by atoms with Crippen LogP contribution in [0.1, 0.15) is 18.9 Å². The van der Waals surface area contributed by atoms with Gasteiger partial charge in [-0.15, -0.1) is 0 Å². The van der Waals surface area contributed by atoms with E-state index in [1.165, 1.54) is 0 Å². The molecule has 0 aliphatic rings. The number of carboxylic acid groups (broad SMARTS) is 1. The number of carboxylic acids is 1. The third-order valence-corrected chi connectivity index (χ3v) is 2.83. The van der Waals surface area contributed by atoms with Crippen molar-refractivity contribution in [2.45, 2.75) is 19.4 Å². The van der Waals surface area contributed by atoms with Gasteiger partial charge in [-0.2, -0.15) is 5.26 Å². The van der Waals surface area contributed by atoms with Crippen molar-refractivity contribution in [3.05, 3.63) is 28.8 Å². The van der Waals surface area contributed by atoms with Crippen LogP contribution in [0.3, 0.4) is 0 Å². The molecule has 1 aromatic rings. The van der Waals surface area contributed by atoms with Gasteiger partial charge in [-0.1, -0.05) is 18.5 Å². The van der Waals surface area contributed by atoms with Gasteiger partial charge in [-0.25, -0.2) is 0 Å². The highest BCUT2D eigenvalue weighted by atomic mass is 35.5. The Hall–Kier alpha value is -1.77. The molecular weight excluding hydrogens is 266 g/mol. The van der Waals surface area contributed by atoms with Crippen LogP contribution in [0.5, 0.6) is 0 Å². The predicted molar refractivity (Wildman–Crippen MR) is 74.4 cm³/mol. The standard InChI is InChI=1S/C13H16ClN3O2/c1-2-16-8-11(6-13(18)19)17-10-4-3-9(7-15)12(14)5-10/h3-5,11,16-17H,2,6,8H2,1H3,(H,18,19)/t11-/m0/s1. The van der Waals surface area contributed by atoms with E-state index in [1.807, 2.05) is 13.0 Å². The number of hydrogen-bond donors (Lipinski definition) is 3. The first-order valence-electron chi connectivity index (χ1n) is 5.95. The zero-order valence-corrected chi connectivity index (χ0v) is 11.4. The largest absolute Gasteiger partial charge is 0.481 e. The minimum Gasteiger partial charge on any atom is -0.481 e. The van der Waals surface area contributed by atoms with E-state index in [0.717, 1.165) is 6.54 Å². The summed E-state index contributed by atoms with van der Waals surface area (Å²) in [6.45, 7) is 3.27. The van der Waals surface area contributed by atoms with Crippen LogP contribution in [-0.4, -0.2) is 30.2 Å². The number of likely N-dealkylation sites (N-methyl/N-ethyl adjacent to an activating group) is 1. The highest BCUT2D eigenvalue weighted by molar-refractivity contribution is 6.32. The molecule has 102 valence electrons. The van der Waals surface area contributed by atoms with E-state index in [1.54, 1.807) is 18.2 Å². The minimum absolute atomic E-state index is 0.00458. The normalized spacial score (nSPS) is 11.6. The highest BCUT2D eigenvalue weighted by Crippen LogP contribution is 2.21. The van der Waals surface area contributed by atoms with Crippen LogP contribution in [0.4, 0.5) is 5.69 Å². The summed E-state index contributed by atoms with van der Waals surface area (Å²) in [4.78, 5) is 10.8. The van der Waals surface area contributed by atoms with E-state index < -0.39 is 5.97 Å². The second-order valence-corrected chi connectivity index (χ2v) is 4.46. The fraction of sp³-hybridized carbons (Fsp3) is 0.385. The Balaban J connectivity index is 2.75. The monoisotopic (exact) mass is 281 g/mol. The van der Waals surface area contributed by atoms with Crippen LogP contribution < -0.4 is 10.6 Å². The summed E-state index contributed by atoms with van der Waals surface area (Å²) in [5, 5.41) is 24.2. The van der Waals surface area contributed by atoms with Gasteiger partial charge in [0.05, 0.1) is 17.0 Å². The van der Waals surface area contributed by atoms with Crippen molar-refractivity contribution in [1.29, 1.82) is 5.26 Å². The molecule has 0 bridgehead atoms. The number of carbonyl (C=O) groups is 1. The van der Waals surface area contributed by atoms with Crippen molar-refractivity contribution in [1.82, 2.24) is 5.32 Å². The average molecular weight is 282 g/mol. The van der Waals surface area contributed by atoms with Crippen LogP contribution in [0.2, 0.25) is 5.02 Å². The summed E-state index contributed by atoms with van der Waals surface area (Å²) in [6.07, 6.45) is 0.00458. The molecule has 0 saturated heterocycles. The third-order valence-electron chi connectivity index (χ3n) is 2.52. The molecule has 0 unspecified atom stereocenters. The molecule has 19 heavy (non-hydrogen) atoms. The average Bonchev–Trinajstić information content (AvgIpc) is 2.35. The second kappa shape index (κ2) is 7.62. The smallest absolute Gasteiger partial charge is 0.305 e. The van der Waals surface area contributed by atoms with E-state index in [4.69, 9.17) is 22.0 Å². The van der Waals surface area contributed by atoms with Crippen LogP contribution in [0.15, 0.2) is 18.2 Å². The van der Waals surface area contributed by atoms with Gasteiger partial charge >= 0.3 is 5.97 Å². The Labute approximate surface area is 117 Å². The SMILES string of the molecule is CCNC[C@H](CC(=O)O)Nc1ccc(C#N)c(Cl)c1. The minimum atomic E-state index is -0.866. The van der Waals surface area contributed by atoms with Crippen LogP contribution in [-0.2, 0) is 4.79 Å². The lowest BCUT2D eigenvalue weighted by Crippen LogP contribution is -2.34. The first kappa shape index (κ1) is 15.3. The van der Waals surface area contributed by atoms with Crippen molar-refractivity contribution < 1.29 is 9.90 Å². The Morgan fingerprint density at radius 3 is 2.84 bits per heavy atom. The van der Waals surface area contributed by atoms with E-state index >= 15 is 0 Å². The van der Waals surface area contributed by atoms with Crippen LogP contribution in [0, 0.1) is 11.3 Å². The Morgan fingerprint density at radius 1 is 1.58 bits per heavy atom. The fourth-order valence-electron chi connectivity index (χ4n) is 1.63. The highest BCUT2D eigenvalue weighted by Gasteiger charge is 2.13. The van der Waals surface area contributed by atoms with Crippen molar-refractivity contribution in [2.75, 3.05) is 18.4 Å². The maximum atomic E-state index is 10.8. The molecule has 0 fully saturated rings. The molecule has 5 nitrogen and oxygen atoms in total. The van der Waals surface area contributed by atoms with E-state index in [2.05, 4.69) is 10.6 Å². The maximum Gasteiger partial charge on any atom is 0.305 e. The molecule has 0 spiro atoms. The number of rotatable bonds is 7. The number of halogens is 1. The lowest BCUT2D eigenvalue weighted by Gasteiger charge is -2.18. The lowest BCUT2D eigenvalue weighted by molar-refractivity contribution is -0.137. The van der Waals surface area contributed by atoms with E-state index in [0.29, 0.717) is 22.8 Å². The number of nitrogens with zero attached hydrogens (tertiary/aromatic N) is 1. The molecule has 1 atom stereocenters. The summed E-state index contributed by atoms with van der Waals surface area (Å²) in [6, 6.07) is 6.69. The zero-order chi connectivity index (χ0) is 14.3. The second-order valence-electron chi connectivity index (χ2n) is 4.05. The molecule has 1 rings (SSSR count). The number of anilines is 1. The number of aliphatic carboxylic acids is 1. The molecule has 0 saturated carbocycles. The fourth-order valence-corrected chi connectivity index (χ4v) is 1.86. The predicted octanol–water partition coefficient (Wildman–Crippen LogP) is 2.08. The summed E-state index contributed by atoms with van der Waals surface area (Å²) >= 11 is 5.93. The molecule has 0 radical (unpaired) electrons. The molecule has 3 N–H and O–H groups in total. The van der Waals surface area contributed by atoms with Gasteiger partial charge in [0.25, 0.3) is 0 Å². The number of benzene rings is 1. The van der Waals surface area contributed by atoms with Gasteiger partial charge in [0.2, 0.25) is 0 Å². The van der Waals surface area contributed by atoms with Crippen molar-refractivity contribution in [2.24, 2.45) is 0 Å². The molecule has 6 heteroatoms. The van der Waals surface area contributed by atoms with Crippen LogP contribution >= 0.6 is 11.6 Å². The molecule has 0 amide bonds. The zero-order valence-electron chi connectivity index (χ0n) is 10.6.